The van der Waals surface area contributed by atoms with Gasteiger partial charge in [-0.15, -0.1) is 0 Å². The van der Waals surface area contributed by atoms with Gasteiger partial charge in [-0.2, -0.15) is 5.10 Å². The first-order chi connectivity index (χ1) is 8.41. The summed E-state index contributed by atoms with van der Waals surface area (Å²) in [6.45, 7) is 3.34. The highest BCUT2D eigenvalue weighted by molar-refractivity contribution is 9.10. The standard InChI is InChI=1S/C11H19BrN4O2/c1-8(17)6-13-9-7-14-16(5-4-15(2)3)11(18)10(9)12/h7-8,13,17H,4-6H2,1-3H3. The highest BCUT2D eigenvalue weighted by Crippen LogP contribution is 2.15. The van der Waals surface area contributed by atoms with Crippen LogP contribution < -0.4 is 10.9 Å². The number of aromatic nitrogens is 2. The zero-order valence-corrected chi connectivity index (χ0v) is 12.4. The van der Waals surface area contributed by atoms with E-state index in [0.29, 0.717) is 23.2 Å². The van der Waals surface area contributed by atoms with Crippen LogP contribution in [0.3, 0.4) is 0 Å². The van der Waals surface area contributed by atoms with Gasteiger partial charge in [0.2, 0.25) is 0 Å². The Morgan fingerprint density at radius 1 is 1.61 bits per heavy atom. The van der Waals surface area contributed by atoms with Crippen molar-refractivity contribution in [2.75, 3.05) is 32.5 Å². The molecule has 0 bridgehead atoms. The molecule has 1 aromatic heterocycles. The van der Waals surface area contributed by atoms with Crippen LogP contribution in [0.1, 0.15) is 6.92 Å². The van der Waals surface area contributed by atoms with Gasteiger partial charge in [0.1, 0.15) is 4.47 Å². The second kappa shape index (κ2) is 6.86. The number of aliphatic hydroxyl groups excluding tert-OH is 1. The number of rotatable bonds is 6. The molecule has 6 nitrogen and oxygen atoms in total. The van der Waals surface area contributed by atoms with Gasteiger partial charge in [0.25, 0.3) is 5.56 Å². The van der Waals surface area contributed by atoms with Crippen LogP contribution in [0.25, 0.3) is 0 Å². The van der Waals surface area contributed by atoms with E-state index in [4.69, 9.17) is 0 Å². The number of hydrogen-bond acceptors (Lipinski definition) is 5. The number of aliphatic hydroxyl groups is 1. The SMILES string of the molecule is CC(O)CNc1cnn(CCN(C)C)c(=O)c1Br. The molecule has 0 aromatic carbocycles. The molecule has 0 aliphatic rings. The molecule has 1 atom stereocenters. The molecule has 0 saturated carbocycles. The van der Waals surface area contributed by atoms with E-state index in [-0.39, 0.29) is 5.56 Å². The first-order valence-electron chi connectivity index (χ1n) is 5.74. The largest absolute Gasteiger partial charge is 0.392 e. The molecule has 1 unspecified atom stereocenters. The summed E-state index contributed by atoms with van der Waals surface area (Å²) < 4.78 is 1.86. The van der Waals surface area contributed by atoms with Gasteiger partial charge in [0.15, 0.2) is 0 Å². The Morgan fingerprint density at radius 2 is 2.28 bits per heavy atom. The first-order valence-corrected chi connectivity index (χ1v) is 6.53. The van der Waals surface area contributed by atoms with Crippen molar-refractivity contribution in [3.8, 4) is 0 Å². The Morgan fingerprint density at radius 3 is 2.83 bits per heavy atom. The smallest absolute Gasteiger partial charge is 0.283 e. The Bertz CT molecular complexity index is 445. The molecule has 18 heavy (non-hydrogen) atoms. The molecule has 1 rings (SSSR count). The van der Waals surface area contributed by atoms with Crippen molar-refractivity contribution >= 4 is 21.6 Å². The fourth-order valence-electron chi connectivity index (χ4n) is 1.30. The van der Waals surface area contributed by atoms with Crippen LogP contribution in [0, 0.1) is 0 Å². The molecule has 7 heteroatoms. The topological polar surface area (TPSA) is 70.4 Å². The molecule has 0 spiro atoms. The predicted molar refractivity (Wildman–Crippen MR) is 74.9 cm³/mol. The highest BCUT2D eigenvalue weighted by atomic mass is 79.9. The zero-order valence-electron chi connectivity index (χ0n) is 10.9. The molecule has 0 aliphatic heterocycles. The van der Waals surface area contributed by atoms with E-state index in [2.05, 4.69) is 26.3 Å². The molecule has 0 fully saturated rings. The second-order valence-electron chi connectivity index (χ2n) is 4.43. The number of nitrogens with one attached hydrogen (secondary N) is 1. The van der Waals surface area contributed by atoms with Gasteiger partial charge in [-0.05, 0) is 36.9 Å². The maximum atomic E-state index is 12.0. The third-order valence-electron chi connectivity index (χ3n) is 2.33. The molecule has 0 radical (unpaired) electrons. The zero-order chi connectivity index (χ0) is 13.7. The molecule has 0 aliphatic carbocycles. The lowest BCUT2D eigenvalue weighted by molar-refractivity contribution is 0.208. The van der Waals surface area contributed by atoms with Crippen LogP contribution in [0.2, 0.25) is 0 Å². The Kier molecular flexibility index (Phi) is 5.77. The minimum Gasteiger partial charge on any atom is -0.392 e. The Labute approximate surface area is 115 Å². The van der Waals surface area contributed by atoms with Gasteiger partial charge < -0.3 is 15.3 Å². The van der Waals surface area contributed by atoms with Crippen LogP contribution in [0.4, 0.5) is 5.69 Å². The van der Waals surface area contributed by atoms with Gasteiger partial charge in [-0.25, -0.2) is 4.68 Å². The molecule has 1 aromatic rings. The van der Waals surface area contributed by atoms with E-state index in [1.54, 1.807) is 13.1 Å². The van der Waals surface area contributed by atoms with Crippen molar-refractivity contribution in [2.45, 2.75) is 19.6 Å². The Hall–Kier alpha value is -0.920. The highest BCUT2D eigenvalue weighted by Gasteiger charge is 2.09. The van der Waals surface area contributed by atoms with E-state index >= 15 is 0 Å². The molecule has 1 heterocycles. The molecular formula is C11H19BrN4O2. The predicted octanol–water partition coefficient (Wildman–Crippen LogP) is 0.360. The van der Waals surface area contributed by atoms with Crippen LogP contribution in [0.15, 0.2) is 15.5 Å². The quantitative estimate of drug-likeness (QED) is 0.792. The molecule has 102 valence electrons. The lowest BCUT2D eigenvalue weighted by atomic mass is 10.4. The molecule has 2 N–H and O–H groups in total. The van der Waals surface area contributed by atoms with Gasteiger partial charge in [-0.3, -0.25) is 4.79 Å². The number of anilines is 1. The van der Waals surface area contributed by atoms with Crippen LogP contribution in [0.5, 0.6) is 0 Å². The number of hydrogen-bond donors (Lipinski definition) is 2. The molecular weight excluding hydrogens is 300 g/mol. The van der Waals surface area contributed by atoms with E-state index in [1.165, 1.54) is 4.68 Å². The molecule has 0 saturated heterocycles. The van der Waals surface area contributed by atoms with Crippen LogP contribution in [-0.4, -0.2) is 53.1 Å². The van der Waals surface area contributed by atoms with Crippen LogP contribution >= 0.6 is 15.9 Å². The minimum absolute atomic E-state index is 0.174. The summed E-state index contributed by atoms with van der Waals surface area (Å²) in [5.41, 5.74) is 0.425. The summed E-state index contributed by atoms with van der Waals surface area (Å²) in [4.78, 5) is 14.0. The van der Waals surface area contributed by atoms with E-state index in [9.17, 15) is 9.90 Å². The number of likely N-dealkylation sites (N-methyl/N-ethyl adjacent to an activating group) is 1. The number of halogens is 1. The summed E-state index contributed by atoms with van der Waals surface area (Å²) in [6.07, 6.45) is 1.11. The van der Waals surface area contributed by atoms with E-state index in [1.807, 2.05) is 19.0 Å². The van der Waals surface area contributed by atoms with Gasteiger partial charge in [0.05, 0.1) is 24.5 Å². The average Bonchev–Trinajstić information content (AvgIpc) is 2.29. The van der Waals surface area contributed by atoms with Crippen molar-refractivity contribution in [1.82, 2.24) is 14.7 Å². The van der Waals surface area contributed by atoms with E-state index in [0.717, 1.165) is 6.54 Å². The lowest BCUT2D eigenvalue weighted by Gasteiger charge is -2.13. The van der Waals surface area contributed by atoms with Gasteiger partial charge >= 0.3 is 0 Å². The van der Waals surface area contributed by atoms with E-state index < -0.39 is 6.10 Å². The van der Waals surface area contributed by atoms with Crippen molar-refractivity contribution in [1.29, 1.82) is 0 Å². The summed E-state index contributed by atoms with van der Waals surface area (Å²) >= 11 is 3.26. The third kappa shape index (κ3) is 4.40. The summed E-state index contributed by atoms with van der Waals surface area (Å²) in [5, 5.41) is 16.2. The summed E-state index contributed by atoms with van der Waals surface area (Å²) in [5.74, 6) is 0. The molecule has 0 amide bonds. The maximum Gasteiger partial charge on any atom is 0.283 e. The van der Waals surface area contributed by atoms with Crippen molar-refractivity contribution < 1.29 is 5.11 Å². The van der Waals surface area contributed by atoms with Crippen molar-refractivity contribution in [3.63, 3.8) is 0 Å². The number of nitrogens with zero attached hydrogens (tertiary/aromatic N) is 3. The fraction of sp³-hybridized carbons (Fsp3) is 0.636. The summed E-state index contributed by atoms with van der Waals surface area (Å²) in [7, 11) is 3.89. The third-order valence-corrected chi connectivity index (χ3v) is 3.10. The minimum atomic E-state index is -0.479. The summed E-state index contributed by atoms with van der Waals surface area (Å²) in [6, 6.07) is 0. The normalized spacial score (nSPS) is 12.8. The van der Waals surface area contributed by atoms with Crippen LogP contribution in [-0.2, 0) is 6.54 Å². The van der Waals surface area contributed by atoms with Crippen molar-refractivity contribution in [2.24, 2.45) is 0 Å². The van der Waals surface area contributed by atoms with Gasteiger partial charge in [-0.1, -0.05) is 0 Å². The van der Waals surface area contributed by atoms with Crippen molar-refractivity contribution in [3.05, 3.63) is 21.0 Å². The first kappa shape index (κ1) is 15.1. The fourth-order valence-corrected chi connectivity index (χ4v) is 1.75. The monoisotopic (exact) mass is 318 g/mol. The maximum absolute atomic E-state index is 12.0. The van der Waals surface area contributed by atoms with Gasteiger partial charge in [0, 0.05) is 13.1 Å². The lowest BCUT2D eigenvalue weighted by Crippen LogP contribution is -2.29. The Balaban J connectivity index is 2.81. The average molecular weight is 319 g/mol. The second-order valence-corrected chi connectivity index (χ2v) is 5.23.